The molecule has 9 heteroatoms. The van der Waals surface area contributed by atoms with Gasteiger partial charge in [-0.1, -0.05) is 18.2 Å². The predicted molar refractivity (Wildman–Crippen MR) is 123 cm³/mol. The van der Waals surface area contributed by atoms with Crippen LogP contribution >= 0.6 is 0 Å². The van der Waals surface area contributed by atoms with E-state index in [4.69, 9.17) is 9.72 Å². The SMILES string of the molecule is COc1nc(-c2nc3n(n2)CCC[C@H]3C(=O)N(C)c2ccccc2)ccc1-n1cnc(C)c1. The van der Waals surface area contributed by atoms with Crippen molar-refractivity contribution in [2.45, 2.75) is 32.2 Å². The summed E-state index contributed by atoms with van der Waals surface area (Å²) < 4.78 is 9.23. The van der Waals surface area contributed by atoms with Gasteiger partial charge in [-0.2, -0.15) is 0 Å². The van der Waals surface area contributed by atoms with Gasteiger partial charge >= 0.3 is 0 Å². The summed E-state index contributed by atoms with van der Waals surface area (Å²) in [6.07, 6.45) is 5.24. The van der Waals surface area contributed by atoms with E-state index in [-0.39, 0.29) is 11.8 Å². The maximum absolute atomic E-state index is 13.3. The molecule has 0 N–H and O–H groups in total. The van der Waals surface area contributed by atoms with E-state index in [2.05, 4.69) is 15.1 Å². The lowest BCUT2D eigenvalue weighted by molar-refractivity contribution is -0.120. The third kappa shape index (κ3) is 3.86. The molecular weight excluding hydrogens is 418 g/mol. The molecule has 1 aromatic carbocycles. The van der Waals surface area contributed by atoms with Crippen molar-refractivity contribution in [3.63, 3.8) is 0 Å². The third-order valence-electron chi connectivity index (χ3n) is 5.90. The van der Waals surface area contributed by atoms with E-state index in [0.717, 1.165) is 36.5 Å². The number of aryl methyl sites for hydroxylation is 2. The van der Waals surface area contributed by atoms with E-state index >= 15 is 0 Å². The van der Waals surface area contributed by atoms with Crippen molar-refractivity contribution in [2.75, 3.05) is 19.1 Å². The van der Waals surface area contributed by atoms with Crippen LogP contribution in [0.2, 0.25) is 0 Å². The number of carbonyl (C=O) groups is 1. The van der Waals surface area contributed by atoms with Crippen LogP contribution in [-0.2, 0) is 11.3 Å². The molecule has 0 saturated carbocycles. The smallest absolute Gasteiger partial charge is 0.238 e. The Balaban J connectivity index is 1.46. The van der Waals surface area contributed by atoms with Gasteiger partial charge in [0.2, 0.25) is 11.8 Å². The van der Waals surface area contributed by atoms with Gasteiger partial charge in [-0.25, -0.2) is 19.6 Å². The molecule has 4 heterocycles. The van der Waals surface area contributed by atoms with Crippen LogP contribution in [0.4, 0.5) is 5.69 Å². The lowest BCUT2D eigenvalue weighted by Gasteiger charge is -2.26. The summed E-state index contributed by atoms with van der Waals surface area (Å²) in [7, 11) is 3.38. The van der Waals surface area contributed by atoms with Gasteiger partial charge in [0.05, 0.1) is 25.0 Å². The number of fused-ring (bicyclic) bond motifs is 1. The molecule has 0 saturated heterocycles. The number of amides is 1. The Morgan fingerprint density at radius 3 is 2.70 bits per heavy atom. The van der Waals surface area contributed by atoms with Crippen LogP contribution < -0.4 is 9.64 Å². The van der Waals surface area contributed by atoms with Crippen LogP contribution in [0, 0.1) is 6.92 Å². The molecule has 1 aliphatic rings. The highest BCUT2D eigenvalue weighted by Gasteiger charge is 2.33. The minimum absolute atomic E-state index is 0.0115. The molecule has 0 unspecified atom stereocenters. The standard InChI is InChI=1S/C24H25N7O2/c1-16-14-30(15-25-16)20-12-11-19(26-23(20)33-3)21-27-22-18(10-7-13-31(22)28-21)24(32)29(2)17-8-5-4-6-9-17/h4-6,8-9,11-12,14-15,18H,7,10,13H2,1-3H3/t18-/m1/s1. The van der Waals surface area contributed by atoms with Crippen LogP contribution in [0.5, 0.6) is 5.88 Å². The lowest BCUT2D eigenvalue weighted by Crippen LogP contribution is -2.35. The van der Waals surface area contributed by atoms with E-state index in [0.29, 0.717) is 23.2 Å². The number of aromatic nitrogens is 6. The second kappa shape index (κ2) is 8.50. The number of pyridine rings is 1. The highest BCUT2D eigenvalue weighted by molar-refractivity contribution is 5.97. The first-order valence-electron chi connectivity index (χ1n) is 10.9. The fraction of sp³-hybridized carbons (Fsp3) is 0.292. The van der Waals surface area contributed by atoms with Crippen LogP contribution in [0.15, 0.2) is 55.0 Å². The monoisotopic (exact) mass is 443 g/mol. The van der Waals surface area contributed by atoms with E-state index < -0.39 is 0 Å². The Morgan fingerprint density at radius 1 is 1.15 bits per heavy atom. The molecule has 9 nitrogen and oxygen atoms in total. The summed E-state index contributed by atoms with van der Waals surface area (Å²) >= 11 is 0. The van der Waals surface area contributed by atoms with Gasteiger partial charge in [0.25, 0.3) is 0 Å². The van der Waals surface area contributed by atoms with E-state index in [1.165, 1.54) is 0 Å². The Bertz CT molecular complexity index is 1300. The molecule has 0 spiro atoms. The van der Waals surface area contributed by atoms with Gasteiger partial charge in [0.15, 0.2) is 5.82 Å². The summed E-state index contributed by atoms with van der Waals surface area (Å²) in [6, 6.07) is 13.4. The fourth-order valence-electron chi connectivity index (χ4n) is 4.16. The van der Waals surface area contributed by atoms with Crippen LogP contribution in [0.3, 0.4) is 0 Å². The first kappa shape index (κ1) is 20.9. The Morgan fingerprint density at radius 2 is 1.97 bits per heavy atom. The summed E-state index contributed by atoms with van der Waals surface area (Å²) in [6.45, 7) is 2.65. The molecular formula is C24H25N7O2. The number of para-hydroxylation sites is 1. The number of hydrogen-bond donors (Lipinski definition) is 0. The quantitative estimate of drug-likeness (QED) is 0.470. The zero-order valence-electron chi connectivity index (χ0n) is 18.8. The normalized spacial score (nSPS) is 15.2. The van der Waals surface area contributed by atoms with Crippen molar-refractivity contribution in [2.24, 2.45) is 0 Å². The Labute approximate surface area is 191 Å². The first-order chi connectivity index (χ1) is 16.0. The molecule has 3 aromatic heterocycles. The highest BCUT2D eigenvalue weighted by atomic mass is 16.5. The number of anilines is 1. The molecule has 168 valence electrons. The van der Waals surface area contributed by atoms with Gasteiger partial charge in [-0.05, 0) is 44.0 Å². The molecule has 4 aromatic rings. The lowest BCUT2D eigenvalue weighted by atomic mass is 9.97. The summed E-state index contributed by atoms with van der Waals surface area (Å²) in [4.78, 5) is 28.7. The molecule has 1 atom stereocenters. The van der Waals surface area contributed by atoms with Crippen molar-refractivity contribution >= 4 is 11.6 Å². The Hall–Kier alpha value is -4.01. The zero-order chi connectivity index (χ0) is 22.9. The number of likely N-dealkylation sites (N-methyl/N-ethyl adjacent to an activating group) is 1. The minimum Gasteiger partial charge on any atom is -0.479 e. The van der Waals surface area contributed by atoms with Crippen LogP contribution in [0.1, 0.15) is 30.3 Å². The average Bonchev–Trinajstić information content (AvgIpc) is 3.49. The number of imidazole rings is 1. The molecule has 0 radical (unpaired) electrons. The maximum Gasteiger partial charge on any atom is 0.238 e. The van der Waals surface area contributed by atoms with E-state index in [1.807, 2.05) is 64.8 Å². The van der Waals surface area contributed by atoms with Crippen molar-refractivity contribution in [1.29, 1.82) is 0 Å². The number of benzene rings is 1. The molecule has 0 fully saturated rings. The van der Waals surface area contributed by atoms with Gasteiger partial charge < -0.3 is 14.2 Å². The van der Waals surface area contributed by atoms with Crippen molar-refractivity contribution in [3.8, 4) is 23.1 Å². The molecule has 1 amide bonds. The second-order valence-electron chi connectivity index (χ2n) is 8.09. The third-order valence-corrected chi connectivity index (χ3v) is 5.90. The van der Waals surface area contributed by atoms with Gasteiger partial charge in [-0.15, -0.1) is 5.10 Å². The van der Waals surface area contributed by atoms with Gasteiger partial charge in [-0.3, -0.25) is 4.79 Å². The number of ether oxygens (including phenoxy) is 1. The van der Waals surface area contributed by atoms with Crippen LogP contribution in [0.25, 0.3) is 17.2 Å². The van der Waals surface area contributed by atoms with E-state index in [9.17, 15) is 4.79 Å². The summed E-state index contributed by atoms with van der Waals surface area (Å²) in [5.74, 6) is 1.28. The minimum atomic E-state index is -0.347. The molecule has 0 aliphatic carbocycles. The number of rotatable bonds is 5. The summed E-state index contributed by atoms with van der Waals surface area (Å²) in [5.41, 5.74) is 3.14. The predicted octanol–water partition coefficient (Wildman–Crippen LogP) is 3.38. The molecule has 33 heavy (non-hydrogen) atoms. The number of carbonyl (C=O) groups excluding carboxylic acids is 1. The average molecular weight is 444 g/mol. The van der Waals surface area contributed by atoms with Crippen molar-refractivity contribution < 1.29 is 9.53 Å². The first-order valence-corrected chi connectivity index (χ1v) is 10.9. The highest BCUT2D eigenvalue weighted by Crippen LogP contribution is 2.31. The number of nitrogens with zero attached hydrogens (tertiary/aromatic N) is 7. The van der Waals surface area contributed by atoms with E-state index in [1.54, 1.807) is 25.4 Å². The van der Waals surface area contributed by atoms with Crippen LogP contribution in [-0.4, -0.2) is 49.4 Å². The van der Waals surface area contributed by atoms with Gasteiger partial charge in [0, 0.05) is 25.5 Å². The number of methoxy groups -OCH3 is 1. The summed E-state index contributed by atoms with van der Waals surface area (Å²) in [5, 5.41) is 4.67. The molecule has 0 bridgehead atoms. The van der Waals surface area contributed by atoms with Gasteiger partial charge in [0.1, 0.15) is 17.2 Å². The second-order valence-corrected chi connectivity index (χ2v) is 8.09. The molecule has 1 aliphatic heterocycles. The Kier molecular flexibility index (Phi) is 5.37. The number of hydrogen-bond acceptors (Lipinski definition) is 6. The largest absolute Gasteiger partial charge is 0.479 e. The topological polar surface area (TPSA) is 91.0 Å². The fourth-order valence-corrected chi connectivity index (χ4v) is 4.16. The molecule has 5 rings (SSSR count). The zero-order valence-corrected chi connectivity index (χ0v) is 18.8. The van der Waals surface area contributed by atoms with Crippen molar-refractivity contribution in [1.82, 2.24) is 29.3 Å². The maximum atomic E-state index is 13.3. The van der Waals surface area contributed by atoms with Crippen molar-refractivity contribution in [3.05, 3.63) is 66.5 Å².